The monoisotopic (exact) mass is 305 g/mol. The van der Waals surface area contributed by atoms with E-state index in [2.05, 4.69) is 33.2 Å². The molecule has 0 radical (unpaired) electrons. The third kappa shape index (κ3) is 4.28. The number of pyridine rings is 1. The molecule has 0 saturated heterocycles. The number of nitrogens with two attached hydrogens (primary N) is 1. The Bertz CT molecular complexity index is 333. The first-order valence-electron chi connectivity index (χ1n) is 5.42. The maximum absolute atomic E-state index is 5.82. The zero-order chi connectivity index (χ0) is 12.0. The van der Waals surface area contributed by atoms with E-state index in [4.69, 9.17) is 17.3 Å². The highest BCUT2D eigenvalue weighted by molar-refractivity contribution is 9.10. The van der Waals surface area contributed by atoms with E-state index in [1.54, 1.807) is 6.20 Å². The second kappa shape index (κ2) is 7.09. The third-order valence-electron chi connectivity index (χ3n) is 2.52. The van der Waals surface area contributed by atoms with Crippen molar-refractivity contribution in [1.29, 1.82) is 0 Å². The average molecular weight is 307 g/mol. The fourth-order valence-electron chi connectivity index (χ4n) is 1.47. The molecule has 1 aromatic rings. The van der Waals surface area contributed by atoms with Crippen LogP contribution in [0.25, 0.3) is 0 Å². The zero-order valence-corrected chi connectivity index (χ0v) is 11.7. The lowest BCUT2D eigenvalue weighted by molar-refractivity contribution is 0.501. The average Bonchev–Trinajstić information content (AvgIpc) is 2.26. The summed E-state index contributed by atoms with van der Waals surface area (Å²) < 4.78 is 0.891. The normalized spacial score (nSPS) is 12.5. The minimum Gasteiger partial charge on any atom is -0.369 e. The first-order valence-corrected chi connectivity index (χ1v) is 6.59. The lowest BCUT2D eigenvalue weighted by atomic mass is 10.0. The molecule has 1 rings (SSSR count). The Morgan fingerprint density at radius 2 is 2.38 bits per heavy atom. The van der Waals surface area contributed by atoms with Crippen LogP contribution >= 0.6 is 27.5 Å². The molecule has 0 fully saturated rings. The predicted octanol–water partition coefficient (Wildman–Crippen LogP) is 3.28. The van der Waals surface area contributed by atoms with Crippen molar-refractivity contribution in [3.8, 4) is 0 Å². The molecule has 0 aliphatic heterocycles. The molecule has 1 atom stereocenters. The van der Waals surface area contributed by atoms with Crippen molar-refractivity contribution in [1.82, 2.24) is 4.98 Å². The summed E-state index contributed by atoms with van der Waals surface area (Å²) in [6, 6.07) is 1.83. The van der Waals surface area contributed by atoms with Gasteiger partial charge < -0.3 is 11.1 Å². The lowest BCUT2D eigenvalue weighted by Crippen LogP contribution is -2.18. The largest absolute Gasteiger partial charge is 0.369 e. The number of hydrogen-bond acceptors (Lipinski definition) is 3. The molecule has 0 aliphatic carbocycles. The van der Waals surface area contributed by atoms with Gasteiger partial charge in [-0.2, -0.15) is 0 Å². The number of nitrogens with zero attached hydrogens (tertiary/aromatic N) is 1. The first-order chi connectivity index (χ1) is 7.67. The van der Waals surface area contributed by atoms with E-state index in [-0.39, 0.29) is 0 Å². The van der Waals surface area contributed by atoms with E-state index < -0.39 is 0 Å². The van der Waals surface area contributed by atoms with Gasteiger partial charge >= 0.3 is 0 Å². The summed E-state index contributed by atoms with van der Waals surface area (Å²) in [6.07, 6.45) is 3.79. The molecule has 1 aromatic heterocycles. The predicted molar refractivity (Wildman–Crippen MR) is 72.9 cm³/mol. The summed E-state index contributed by atoms with van der Waals surface area (Å²) in [5.41, 5.74) is 5.55. The van der Waals surface area contributed by atoms with Crippen LogP contribution in [0.15, 0.2) is 16.7 Å². The number of halogens is 2. The number of anilines is 1. The minimum absolute atomic E-state index is 0.592. The summed E-state index contributed by atoms with van der Waals surface area (Å²) in [4.78, 5) is 4.22. The van der Waals surface area contributed by atoms with Gasteiger partial charge in [0.05, 0.1) is 9.50 Å². The Kier molecular flexibility index (Phi) is 6.09. The van der Waals surface area contributed by atoms with Crippen molar-refractivity contribution in [3.05, 3.63) is 21.8 Å². The second-order valence-corrected chi connectivity index (χ2v) is 5.01. The van der Waals surface area contributed by atoms with E-state index in [1.807, 2.05) is 6.07 Å². The van der Waals surface area contributed by atoms with Crippen LogP contribution in [0, 0.1) is 5.92 Å². The molecule has 3 nitrogen and oxygen atoms in total. The molecular formula is C11H17BrClN3. The molecule has 0 saturated carbocycles. The molecule has 0 aromatic carbocycles. The smallest absolute Gasteiger partial charge is 0.140 e. The number of nitrogens with one attached hydrogen (secondary N) is 1. The van der Waals surface area contributed by atoms with E-state index >= 15 is 0 Å². The fraction of sp³-hybridized carbons (Fsp3) is 0.545. The summed E-state index contributed by atoms with van der Waals surface area (Å²) >= 11 is 9.24. The molecule has 3 N–H and O–H groups in total. The maximum atomic E-state index is 5.82. The molecule has 5 heteroatoms. The molecule has 0 amide bonds. The van der Waals surface area contributed by atoms with Crippen molar-refractivity contribution in [2.24, 2.45) is 11.7 Å². The van der Waals surface area contributed by atoms with Crippen molar-refractivity contribution < 1.29 is 0 Å². The summed E-state index contributed by atoms with van der Waals surface area (Å²) in [5.74, 6) is 1.43. The highest BCUT2D eigenvalue weighted by Gasteiger charge is 2.07. The van der Waals surface area contributed by atoms with Gasteiger partial charge in [-0.3, -0.25) is 0 Å². The first kappa shape index (κ1) is 13.7. The van der Waals surface area contributed by atoms with Crippen LogP contribution in [0.3, 0.4) is 0 Å². The highest BCUT2D eigenvalue weighted by atomic mass is 79.9. The lowest BCUT2D eigenvalue weighted by Gasteiger charge is -2.15. The SMILES string of the molecule is CCC(CCN)CNc1ncc(Cl)cc1Br. The number of hydrogen-bond donors (Lipinski definition) is 2. The van der Waals surface area contributed by atoms with Crippen LogP contribution in [0.5, 0.6) is 0 Å². The van der Waals surface area contributed by atoms with Crippen molar-refractivity contribution >= 4 is 33.3 Å². The van der Waals surface area contributed by atoms with Gasteiger partial charge in [0.15, 0.2) is 0 Å². The topological polar surface area (TPSA) is 50.9 Å². The van der Waals surface area contributed by atoms with E-state index in [0.29, 0.717) is 10.9 Å². The highest BCUT2D eigenvalue weighted by Crippen LogP contribution is 2.23. The number of rotatable bonds is 6. The van der Waals surface area contributed by atoms with E-state index in [1.165, 1.54) is 0 Å². The minimum atomic E-state index is 0.592. The molecule has 0 bridgehead atoms. The van der Waals surface area contributed by atoms with E-state index in [9.17, 15) is 0 Å². The Hall–Kier alpha value is -0.320. The summed E-state index contributed by atoms with van der Waals surface area (Å²) in [7, 11) is 0. The van der Waals surface area contributed by atoms with Gasteiger partial charge in [0.1, 0.15) is 5.82 Å². The van der Waals surface area contributed by atoms with Gasteiger partial charge in [0, 0.05) is 12.7 Å². The molecule has 1 unspecified atom stereocenters. The second-order valence-electron chi connectivity index (χ2n) is 3.72. The Morgan fingerprint density at radius 1 is 1.62 bits per heavy atom. The Balaban J connectivity index is 2.53. The number of aromatic nitrogens is 1. The van der Waals surface area contributed by atoms with Gasteiger partial charge in [-0.15, -0.1) is 0 Å². The van der Waals surface area contributed by atoms with E-state index in [0.717, 1.165) is 36.2 Å². The van der Waals surface area contributed by atoms with Crippen molar-refractivity contribution in [2.45, 2.75) is 19.8 Å². The van der Waals surface area contributed by atoms with Crippen LogP contribution in [0.1, 0.15) is 19.8 Å². The quantitative estimate of drug-likeness (QED) is 0.848. The van der Waals surface area contributed by atoms with Crippen LogP contribution in [-0.2, 0) is 0 Å². The van der Waals surface area contributed by atoms with Gasteiger partial charge in [-0.05, 0) is 40.9 Å². The fourth-order valence-corrected chi connectivity index (χ4v) is 2.25. The standard InChI is InChI=1S/C11H17BrClN3/c1-2-8(3-4-14)6-15-11-10(12)5-9(13)7-16-11/h5,7-8H,2-4,6,14H2,1H3,(H,15,16). The van der Waals surface area contributed by atoms with Crippen LogP contribution in [-0.4, -0.2) is 18.1 Å². The van der Waals surface area contributed by atoms with Crippen LogP contribution < -0.4 is 11.1 Å². The van der Waals surface area contributed by atoms with Gasteiger partial charge in [-0.1, -0.05) is 24.9 Å². The van der Waals surface area contributed by atoms with Crippen LogP contribution in [0.4, 0.5) is 5.82 Å². The van der Waals surface area contributed by atoms with Crippen molar-refractivity contribution in [3.63, 3.8) is 0 Å². The zero-order valence-electron chi connectivity index (χ0n) is 9.34. The molecule has 0 aliphatic rings. The van der Waals surface area contributed by atoms with Crippen LogP contribution in [0.2, 0.25) is 5.02 Å². The molecule has 1 heterocycles. The maximum Gasteiger partial charge on any atom is 0.140 e. The molecular weight excluding hydrogens is 289 g/mol. The molecule has 0 spiro atoms. The molecule has 16 heavy (non-hydrogen) atoms. The Labute approximate surface area is 110 Å². The molecule has 90 valence electrons. The Morgan fingerprint density at radius 3 is 2.94 bits per heavy atom. The van der Waals surface area contributed by atoms with Gasteiger partial charge in [0.2, 0.25) is 0 Å². The van der Waals surface area contributed by atoms with Crippen molar-refractivity contribution in [2.75, 3.05) is 18.4 Å². The summed E-state index contributed by atoms with van der Waals surface area (Å²) in [6.45, 7) is 3.79. The third-order valence-corrected chi connectivity index (χ3v) is 3.33. The summed E-state index contributed by atoms with van der Waals surface area (Å²) in [5, 5.41) is 3.93. The van der Waals surface area contributed by atoms with Gasteiger partial charge in [0.25, 0.3) is 0 Å². The van der Waals surface area contributed by atoms with Gasteiger partial charge in [-0.25, -0.2) is 4.98 Å².